The van der Waals surface area contributed by atoms with E-state index < -0.39 is 0 Å². The van der Waals surface area contributed by atoms with Crippen molar-refractivity contribution < 1.29 is 23.4 Å². The van der Waals surface area contributed by atoms with Crippen LogP contribution in [0.5, 0.6) is 17.2 Å². The number of hydrogen-bond donors (Lipinski definition) is 0. The molecular formula is C20H20N2O5. The predicted octanol–water partition coefficient (Wildman–Crippen LogP) is 3.58. The highest BCUT2D eigenvalue weighted by Gasteiger charge is 2.15. The summed E-state index contributed by atoms with van der Waals surface area (Å²) in [7, 11) is 4.66. The Balaban J connectivity index is 1.70. The van der Waals surface area contributed by atoms with Crippen LogP contribution in [0.3, 0.4) is 0 Å². The summed E-state index contributed by atoms with van der Waals surface area (Å²) in [5.41, 5.74) is 1.77. The normalized spacial score (nSPS) is 10.5. The third-order valence-corrected chi connectivity index (χ3v) is 4.05. The highest BCUT2D eigenvalue weighted by Crippen LogP contribution is 2.32. The van der Waals surface area contributed by atoms with E-state index in [1.54, 1.807) is 50.9 Å². The van der Waals surface area contributed by atoms with E-state index in [2.05, 4.69) is 9.97 Å². The molecule has 0 aliphatic rings. The molecule has 0 saturated carbocycles. The van der Waals surface area contributed by atoms with Gasteiger partial charge in [-0.25, -0.2) is 9.97 Å². The van der Waals surface area contributed by atoms with Crippen LogP contribution in [0.2, 0.25) is 0 Å². The highest BCUT2D eigenvalue weighted by atomic mass is 16.5. The molecule has 0 aliphatic heterocycles. The molecule has 0 spiro atoms. The lowest BCUT2D eigenvalue weighted by atomic mass is 10.1. The van der Waals surface area contributed by atoms with Crippen molar-refractivity contribution in [2.24, 2.45) is 0 Å². The van der Waals surface area contributed by atoms with Gasteiger partial charge in [-0.15, -0.1) is 0 Å². The monoisotopic (exact) mass is 368 g/mol. The van der Waals surface area contributed by atoms with Gasteiger partial charge in [0.15, 0.2) is 17.3 Å². The molecule has 0 amide bonds. The number of aromatic nitrogens is 2. The fourth-order valence-electron chi connectivity index (χ4n) is 2.65. The molecule has 3 rings (SSSR count). The third-order valence-electron chi connectivity index (χ3n) is 4.05. The van der Waals surface area contributed by atoms with Gasteiger partial charge in [0.05, 0.1) is 27.0 Å². The summed E-state index contributed by atoms with van der Waals surface area (Å²) >= 11 is 0. The molecule has 27 heavy (non-hydrogen) atoms. The van der Waals surface area contributed by atoms with E-state index >= 15 is 0 Å². The van der Waals surface area contributed by atoms with E-state index in [4.69, 9.17) is 18.6 Å². The zero-order valence-electron chi connectivity index (χ0n) is 15.4. The molecule has 7 heteroatoms. The number of ether oxygens (including phenoxy) is 3. The standard InChI is InChI=1S/C20H20N2O5/c1-24-16-9-6-13(11-18(16)26-3)20-22-14(12-27-20)7-8-15(23)19-17(25-2)5-4-10-21-19/h4-6,9-12H,7-8H2,1-3H3. The van der Waals surface area contributed by atoms with Crippen LogP contribution in [0, 0.1) is 0 Å². The van der Waals surface area contributed by atoms with Crippen molar-refractivity contribution in [1.82, 2.24) is 9.97 Å². The van der Waals surface area contributed by atoms with Crippen molar-refractivity contribution in [1.29, 1.82) is 0 Å². The van der Waals surface area contributed by atoms with Gasteiger partial charge in [0.2, 0.25) is 5.89 Å². The quantitative estimate of drug-likeness (QED) is 0.562. The molecular weight excluding hydrogens is 348 g/mol. The predicted molar refractivity (Wildman–Crippen MR) is 98.5 cm³/mol. The maximum Gasteiger partial charge on any atom is 0.226 e. The number of Topliss-reactive ketones (excluding diaryl/α,β-unsaturated/α-hetero) is 1. The van der Waals surface area contributed by atoms with Gasteiger partial charge in [-0.05, 0) is 30.3 Å². The van der Waals surface area contributed by atoms with Crippen LogP contribution < -0.4 is 14.2 Å². The molecule has 0 bridgehead atoms. The molecule has 0 aliphatic carbocycles. The van der Waals surface area contributed by atoms with Gasteiger partial charge in [0.1, 0.15) is 17.7 Å². The summed E-state index contributed by atoms with van der Waals surface area (Å²) in [6.45, 7) is 0. The Bertz CT molecular complexity index is 936. The zero-order valence-corrected chi connectivity index (χ0v) is 15.4. The van der Waals surface area contributed by atoms with E-state index in [0.29, 0.717) is 40.9 Å². The van der Waals surface area contributed by atoms with Crippen LogP contribution in [0.4, 0.5) is 0 Å². The lowest BCUT2D eigenvalue weighted by Crippen LogP contribution is -2.06. The van der Waals surface area contributed by atoms with Gasteiger partial charge in [0, 0.05) is 24.6 Å². The summed E-state index contributed by atoms with van der Waals surface area (Å²) in [6, 6.07) is 8.85. The maximum atomic E-state index is 12.4. The van der Waals surface area contributed by atoms with Gasteiger partial charge >= 0.3 is 0 Å². The minimum absolute atomic E-state index is 0.108. The molecule has 0 unspecified atom stereocenters. The fraction of sp³-hybridized carbons (Fsp3) is 0.250. The second-order valence-corrected chi connectivity index (χ2v) is 5.69. The number of aryl methyl sites for hydroxylation is 1. The smallest absolute Gasteiger partial charge is 0.226 e. The number of methoxy groups -OCH3 is 3. The molecule has 0 radical (unpaired) electrons. The van der Waals surface area contributed by atoms with Crippen LogP contribution in [-0.4, -0.2) is 37.1 Å². The minimum Gasteiger partial charge on any atom is -0.494 e. The van der Waals surface area contributed by atoms with Gasteiger partial charge < -0.3 is 18.6 Å². The average molecular weight is 368 g/mol. The van der Waals surface area contributed by atoms with Crippen molar-refractivity contribution in [3.63, 3.8) is 0 Å². The highest BCUT2D eigenvalue weighted by molar-refractivity contribution is 5.96. The lowest BCUT2D eigenvalue weighted by molar-refractivity contribution is 0.0974. The van der Waals surface area contributed by atoms with Crippen molar-refractivity contribution >= 4 is 5.78 Å². The Labute approximate surface area is 156 Å². The Morgan fingerprint density at radius 2 is 1.81 bits per heavy atom. The summed E-state index contributed by atoms with van der Waals surface area (Å²) in [5, 5.41) is 0. The largest absolute Gasteiger partial charge is 0.494 e. The van der Waals surface area contributed by atoms with Crippen molar-refractivity contribution in [3.05, 3.63) is 54.2 Å². The molecule has 2 aromatic heterocycles. The van der Waals surface area contributed by atoms with Gasteiger partial charge in [-0.1, -0.05) is 0 Å². The van der Waals surface area contributed by atoms with Gasteiger partial charge in [-0.2, -0.15) is 0 Å². The number of benzene rings is 1. The molecule has 0 saturated heterocycles. The van der Waals surface area contributed by atoms with E-state index in [1.165, 1.54) is 7.11 Å². The Hall–Kier alpha value is -3.35. The van der Waals surface area contributed by atoms with Crippen LogP contribution in [-0.2, 0) is 6.42 Å². The number of rotatable bonds is 8. The second-order valence-electron chi connectivity index (χ2n) is 5.69. The number of ketones is 1. The number of nitrogens with zero attached hydrogens (tertiary/aromatic N) is 2. The van der Waals surface area contributed by atoms with Gasteiger partial charge in [-0.3, -0.25) is 4.79 Å². The third kappa shape index (κ3) is 4.08. The van der Waals surface area contributed by atoms with E-state index in [1.807, 2.05) is 6.07 Å². The minimum atomic E-state index is -0.108. The topological polar surface area (TPSA) is 83.7 Å². The number of oxazole rings is 1. The van der Waals surface area contributed by atoms with Crippen molar-refractivity contribution in [2.45, 2.75) is 12.8 Å². The van der Waals surface area contributed by atoms with E-state index in [-0.39, 0.29) is 12.2 Å². The zero-order chi connectivity index (χ0) is 19.2. The summed E-state index contributed by atoms with van der Waals surface area (Å²) in [6.07, 6.45) is 3.82. The van der Waals surface area contributed by atoms with Crippen LogP contribution in [0.1, 0.15) is 22.6 Å². The average Bonchev–Trinajstić information content (AvgIpc) is 3.20. The second kappa shape index (κ2) is 8.35. The first-order valence-corrected chi connectivity index (χ1v) is 8.35. The van der Waals surface area contributed by atoms with Crippen molar-refractivity contribution in [2.75, 3.05) is 21.3 Å². The summed E-state index contributed by atoms with van der Waals surface area (Å²) < 4.78 is 21.3. The molecule has 0 fully saturated rings. The Kier molecular flexibility index (Phi) is 5.71. The Morgan fingerprint density at radius 1 is 1.04 bits per heavy atom. The fourth-order valence-corrected chi connectivity index (χ4v) is 2.65. The van der Waals surface area contributed by atoms with Crippen molar-refractivity contribution in [3.8, 4) is 28.7 Å². The Morgan fingerprint density at radius 3 is 2.56 bits per heavy atom. The van der Waals surface area contributed by atoms with Gasteiger partial charge in [0.25, 0.3) is 0 Å². The number of carbonyl (C=O) groups excluding carboxylic acids is 1. The molecule has 7 nitrogen and oxygen atoms in total. The number of pyridine rings is 1. The number of hydrogen-bond acceptors (Lipinski definition) is 7. The first kappa shape index (κ1) is 18.4. The lowest BCUT2D eigenvalue weighted by Gasteiger charge is -2.07. The molecule has 0 atom stereocenters. The SMILES string of the molecule is COc1ccc(-c2nc(CCC(=O)c3ncccc3OC)co2)cc1OC. The molecule has 3 aromatic rings. The van der Waals surface area contributed by atoms with Crippen LogP contribution in [0.25, 0.3) is 11.5 Å². The molecule has 0 N–H and O–H groups in total. The molecule has 2 heterocycles. The number of carbonyl (C=O) groups is 1. The maximum absolute atomic E-state index is 12.4. The van der Waals surface area contributed by atoms with E-state index in [9.17, 15) is 4.79 Å². The summed E-state index contributed by atoms with van der Waals surface area (Å²) in [4.78, 5) is 21.0. The first-order valence-electron chi connectivity index (χ1n) is 8.35. The van der Waals surface area contributed by atoms with Crippen LogP contribution >= 0.6 is 0 Å². The molecule has 1 aromatic carbocycles. The van der Waals surface area contributed by atoms with Crippen LogP contribution in [0.15, 0.2) is 47.2 Å². The first-order chi connectivity index (χ1) is 13.2. The summed E-state index contributed by atoms with van der Waals surface area (Å²) in [5.74, 6) is 2.03. The van der Waals surface area contributed by atoms with E-state index in [0.717, 1.165) is 5.56 Å². The molecule has 140 valence electrons.